The lowest BCUT2D eigenvalue weighted by atomic mass is 10.2. The predicted molar refractivity (Wildman–Crippen MR) is 61.6 cm³/mol. The Bertz CT molecular complexity index is 656. The molecule has 0 saturated carbocycles. The summed E-state index contributed by atoms with van der Waals surface area (Å²) in [6.45, 7) is 1.33. The Balaban J connectivity index is 2.46. The molecular formula is C11H10N2O5. The zero-order chi connectivity index (χ0) is 13.3. The molecule has 2 aromatic rings. The lowest BCUT2D eigenvalue weighted by molar-refractivity contribution is -0.385. The number of hydrogen-bond acceptors (Lipinski definition) is 5. The number of benzene rings is 1. The maximum Gasteiger partial charge on any atom is 0.422 e. The molecule has 1 heterocycles. The number of nitro groups is 1. The first-order valence-corrected chi connectivity index (χ1v) is 5.12. The van der Waals surface area contributed by atoms with E-state index in [1.54, 1.807) is 6.07 Å². The van der Waals surface area contributed by atoms with Crippen molar-refractivity contribution in [3.63, 3.8) is 0 Å². The number of hydrogen-bond donors (Lipinski definition) is 1. The van der Waals surface area contributed by atoms with Gasteiger partial charge in [-0.15, -0.1) is 0 Å². The number of aromatic nitrogens is 1. The predicted octanol–water partition coefficient (Wildman–Crippen LogP) is 1.41. The Morgan fingerprint density at radius 2 is 2.11 bits per heavy atom. The molecule has 0 fully saturated rings. The SMILES string of the molecule is Cc1oc(=O)n(Cc2ccccc2[N+](=O)[O-])c1O. The number of aromatic hydroxyl groups is 1. The lowest BCUT2D eigenvalue weighted by Gasteiger charge is -2.03. The molecule has 0 amide bonds. The van der Waals surface area contributed by atoms with E-state index < -0.39 is 10.7 Å². The summed E-state index contributed by atoms with van der Waals surface area (Å²) >= 11 is 0. The molecule has 94 valence electrons. The second kappa shape index (κ2) is 4.36. The summed E-state index contributed by atoms with van der Waals surface area (Å²) in [6.07, 6.45) is 0. The second-order valence-corrected chi connectivity index (χ2v) is 3.72. The van der Waals surface area contributed by atoms with Crippen LogP contribution in [-0.2, 0) is 6.54 Å². The van der Waals surface area contributed by atoms with Crippen LogP contribution in [0.1, 0.15) is 11.3 Å². The fourth-order valence-corrected chi connectivity index (χ4v) is 1.64. The molecule has 0 atom stereocenters. The van der Waals surface area contributed by atoms with Crippen molar-refractivity contribution >= 4 is 5.69 Å². The third kappa shape index (κ3) is 1.97. The highest BCUT2D eigenvalue weighted by molar-refractivity contribution is 5.40. The minimum absolute atomic E-state index is 0.0820. The van der Waals surface area contributed by atoms with E-state index in [9.17, 15) is 20.0 Å². The van der Waals surface area contributed by atoms with E-state index in [1.165, 1.54) is 25.1 Å². The Hall–Kier alpha value is -2.57. The van der Waals surface area contributed by atoms with Gasteiger partial charge in [0.2, 0.25) is 5.88 Å². The number of para-hydroxylation sites is 1. The molecule has 1 aromatic carbocycles. The van der Waals surface area contributed by atoms with Gasteiger partial charge in [0, 0.05) is 11.6 Å². The smallest absolute Gasteiger partial charge is 0.422 e. The average Bonchev–Trinajstić information content (AvgIpc) is 2.56. The van der Waals surface area contributed by atoms with Crippen LogP contribution in [0.25, 0.3) is 0 Å². The van der Waals surface area contributed by atoms with E-state index in [1.807, 2.05) is 0 Å². The molecule has 0 aliphatic heterocycles. The molecule has 0 aliphatic rings. The lowest BCUT2D eigenvalue weighted by Crippen LogP contribution is -2.15. The average molecular weight is 250 g/mol. The van der Waals surface area contributed by atoms with Crippen molar-refractivity contribution < 1.29 is 14.4 Å². The number of nitrogens with zero attached hydrogens (tertiary/aromatic N) is 2. The van der Waals surface area contributed by atoms with Gasteiger partial charge in [0.15, 0.2) is 5.76 Å². The minimum Gasteiger partial charge on any atom is -0.492 e. The van der Waals surface area contributed by atoms with E-state index in [0.29, 0.717) is 5.56 Å². The van der Waals surface area contributed by atoms with Crippen LogP contribution in [0.2, 0.25) is 0 Å². The van der Waals surface area contributed by atoms with Gasteiger partial charge in [0.1, 0.15) is 0 Å². The van der Waals surface area contributed by atoms with Crippen LogP contribution < -0.4 is 5.76 Å². The first-order chi connectivity index (χ1) is 8.50. The highest BCUT2D eigenvalue weighted by atomic mass is 16.6. The zero-order valence-electron chi connectivity index (χ0n) is 9.49. The Kier molecular flexibility index (Phi) is 2.88. The van der Waals surface area contributed by atoms with E-state index >= 15 is 0 Å². The molecule has 0 aliphatic carbocycles. The van der Waals surface area contributed by atoms with Gasteiger partial charge in [-0.05, 0) is 6.92 Å². The Labute approximate surface area is 101 Å². The fourth-order valence-electron chi connectivity index (χ4n) is 1.64. The van der Waals surface area contributed by atoms with E-state index in [-0.39, 0.29) is 23.9 Å². The van der Waals surface area contributed by atoms with Gasteiger partial charge in [-0.2, -0.15) is 0 Å². The summed E-state index contributed by atoms with van der Waals surface area (Å²) in [4.78, 5) is 21.7. The van der Waals surface area contributed by atoms with Gasteiger partial charge in [-0.3, -0.25) is 10.1 Å². The maximum atomic E-state index is 11.4. The maximum absolute atomic E-state index is 11.4. The number of aryl methyl sites for hydroxylation is 1. The van der Waals surface area contributed by atoms with Crippen LogP contribution in [0, 0.1) is 17.0 Å². The molecule has 18 heavy (non-hydrogen) atoms. The second-order valence-electron chi connectivity index (χ2n) is 3.72. The summed E-state index contributed by atoms with van der Waals surface area (Å²) in [5, 5.41) is 20.4. The summed E-state index contributed by atoms with van der Waals surface area (Å²) in [5.41, 5.74) is 0.211. The molecule has 7 nitrogen and oxygen atoms in total. The molecule has 2 rings (SSSR count). The van der Waals surface area contributed by atoms with E-state index in [4.69, 9.17) is 4.42 Å². The highest BCUT2D eigenvalue weighted by Crippen LogP contribution is 2.21. The van der Waals surface area contributed by atoms with Crippen molar-refractivity contribution in [2.75, 3.05) is 0 Å². The first kappa shape index (κ1) is 11.9. The van der Waals surface area contributed by atoms with Crippen molar-refractivity contribution in [2.45, 2.75) is 13.5 Å². The summed E-state index contributed by atoms with van der Waals surface area (Å²) in [7, 11) is 0. The quantitative estimate of drug-likeness (QED) is 0.655. The van der Waals surface area contributed by atoms with Crippen LogP contribution in [0.5, 0.6) is 5.88 Å². The highest BCUT2D eigenvalue weighted by Gasteiger charge is 2.17. The molecule has 0 radical (unpaired) electrons. The van der Waals surface area contributed by atoms with Crippen LogP contribution in [0.15, 0.2) is 33.5 Å². The number of rotatable bonds is 3. The number of nitro benzene ring substituents is 1. The molecule has 1 N–H and O–H groups in total. The van der Waals surface area contributed by atoms with Gasteiger partial charge in [-0.1, -0.05) is 18.2 Å². The van der Waals surface area contributed by atoms with Crippen molar-refractivity contribution in [2.24, 2.45) is 0 Å². The van der Waals surface area contributed by atoms with Crippen molar-refractivity contribution in [3.05, 3.63) is 56.3 Å². The van der Waals surface area contributed by atoms with Gasteiger partial charge >= 0.3 is 5.76 Å². The molecule has 0 bridgehead atoms. The normalized spacial score (nSPS) is 10.5. The van der Waals surface area contributed by atoms with Crippen molar-refractivity contribution in [1.29, 1.82) is 0 Å². The molecule has 0 unspecified atom stereocenters. The van der Waals surface area contributed by atoms with Crippen LogP contribution in [0.4, 0.5) is 5.69 Å². The van der Waals surface area contributed by atoms with Crippen LogP contribution >= 0.6 is 0 Å². The third-order valence-corrected chi connectivity index (χ3v) is 2.55. The first-order valence-electron chi connectivity index (χ1n) is 5.12. The summed E-state index contributed by atoms with van der Waals surface area (Å²) < 4.78 is 5.65. The zero-order valence-corrected chi connectivity index (χ0v) is 9.49. The Morgan fingerprint density at radius 1 is 1.44 bits per heavy atom. The van der Waals surface area contributed by atoms with Gasteiger partial charge in [0.05, 0.1) is 11.5 Å². The van der Waals surface area contributed by atoms with E-state index in [0.717, 1.165) is 4.57 Å². The molecule has 1 aromatic heterocycles. The molecule has 7 heteroatoms. The van der Waals surface area contributed by atoms with Crippen LogP contribution in [-0.4, -0.2) is 14.6 Å². The largest absolute Gasteiger partial charge is 0.492 e. The standard InChI is InChI=1S/C11H10N2O5/c1-7-10(14)12(11(15)18-7)6-8-4-2-3-5-9(8)13(16)17/h2-5,14H,6H2,1H3. The monoisotopic (exact) mass is 250 g/mol. The third-order valence-electron chi connectivity index (χ3n) is 2.55. The summed E-state index contributed by atoms with van der Waals surface area (Å²) in [6, 6.07) is 6.01. The molecule has 0 spiro atoms. The van der Waals surface area contributed by atoms with Gasteiger partial charge < -0.3 is 9.52 Å². The fraction of sp³-hybridized carbons (Fsp3) is 0.182. The molecule has 0 saturated heterocycles. The molecular weight excluding hydrogens is 240 g/mol. The number of oxazole rings is 1. The topological polar surface area (TPSA) is 98.5 Å². The van der Waals surface area contributed by atoms with E-state index in [2.05, 4.69) is 0 Å². The van der Waals surface area contributed by atoms with Crippen LogP contribution in [0.3, 0.4) is 0 Å². The summed E-state index contributed by atoms with van der Waals surface area (Å²) in [5.74, 6) is -0.986. The van der Waals surface area contributed by atoms with Gasteiger partial charge in [-0.25, -0.2) is 9.36 Å². The van der Waals surface area contributed by atoms with Crippen molar-refractivity contribution in [3.8, 4) is 5.88 Å². The minimum atomic E-state index is -0.747. The van der Waals surface area contributed by atoms with Crippen molar-refractivity contribution in [1.82, 2.24) is 4.57 Å². The van der Waals surface area contributed by atoms with Gasteiger partial charge in [0.25, 0.3) is 5.69 Å². The Morgan fingerprint density at radius 3 is 2.67 bits per heavy atom.